The Hall–Kier alpha value is -3.18. The molecule has 0 aliphatic carbocycles. The Morgan fingerprint density at radius 1 is 1.03 bits per heavy atom. The molecule has 1 heterocycles. The smallest absolute Gasteiger partial charge is 0.219 e. The molecular formula is C26H28ClN3O2. The van der Waals surface area contributed by atoms with Gasteiger partial charge in [-0.25, -0.2) is 0 Å². The fourth-order valence-electron chi connectivity index (χ4n) is 3.94. The molecule has 3 aromatic carbocycles. The average molecular weight is 450 g/mol. The van der Waals surface area contributed by atoms with Crippen LogP contribution in [0.25, 0.3) is 0 Å². The van der Waals surface area contributed by atoms with E-state index in [0.717, 1.165) is 54.4 Å². The van der Waals surface area contributed by atoms with Crippen molar-refractivity contribution in [3.05, 3.63) is 83.4 Å². The number of amides is 1. The summed E-state index contributed by atoms with van der Waals surface area (Å²) in [4.78, 5) is 13.7. The van der Waals surface area contributed by atoms with Crippen LogP contribution in [0.15, 0.2) is 72.8 Å². The number of hydrogen-bond donors (Lipinski definition) is 2. The van der Waals surface area contributed by atoms with Crippen LogP contribution in [0.5, 0.6) is 11.5 Å². The molecule has 2 N–H and O–H groups in total. The highest BCUT2D eigenvalue weighted by molar-refractivity contribution is 6.30. The third-order valence-electron chi connectivity index (χ3n) is 5.64. The molecule has 0 bridgehead atoms. The Balaban J connectivity index is 1.44. The van der Waals surface area contributed by atoms with Crippen LogP contribution in [0.2, 0.25) is 5.02 Å². The van der Waals surface area contributed by atoms with Crippen LogP contribution >= 0.6 is 11.6 Å². The molecule has 0 spiro atoms. The SMILES string of the molecule is CC(=O)N1CCCC(Nc2ccccc2CNc2ccccc2Oc2ccc(Cl)cc2)C1. The van der Waals surface area contributed by atoms with Crippen molar-refractivity contribution in [3.8, 4) is 11.5 Å². The molecule has 0 saturated carbocycles. The van der Waals surface area contributed by atoms with Gasteiger partial charge in [-0.1, -0.05) is 41.9 Å². The van der Waals surface area contributed by atoms with Crippen LogP contribution < -0.4 is 15.4 Å². The fourth-order valence-corrected chi connectivity index (χ4v) is 4.06. The van der Waals surface area contributed by atoms with Crippen LogP contribution in [0, 0.1) is 0 Å². The van der Waals surface area contributed by atoms with E-state index < -0.39 is 0 Å². The molecule has 1 amide bonds. The maximum Gasteiger partial charge on any atom is 0.219 e. The highest BCUT2D eigenvalue weighted by Crippen LogP contribution is 2.31. The molecule has 1 unspecified atom stereocenters. The number of para-hydroxylation sites is 3. The van der Waals surface area contributed by atoms with E-state index in [2.05, 4.69) is 22.8 Å². The molecule has 1 saturated heterocycles. The van der Waals surface area contributed by atoms with Gasteiger partial charge in [-0.3, -0.25) is 4.79 Å². The topological polar surface area (TPSA) is 53.6 Å². The van der Waals surface area contributed by atoms with Crippen molar-refractivity contribution in [1.29, 1.82) is 0 Å². The molecular weight excluding hydrogens is 422 g/mol. The largest absolute Gasteiger partial charge is 0.455 e. The average Bonchev–Trinajstić information content (AvgIpc) is 2.81. The number of anilines is 2. The van der Waals surface area contributed by atoms with Gasteiger partial charge in [-0.05, 0) is 60.9 Å². The van der Waals surface area contributed by atoms with Crippen LogP contribution in [0.3, 0.4) is 0 Å². The predicted octanol–water partition coefficient (Wildman–Crippen LogP) is 6.17. The highest BCUT2D eigenvalue weighted by atomic mass is 35.5. The van der Waals surface area contributed by atoms with Gasteiger partial charge in [0.15, 0.2) is 5.75 Å². The maximum atomic E-state index is 11.8. The number of hydrogen-bond acceptors (Lipinski definition) is 4. The summed E-state index contributed by atoms with van der Waals surface area (Å²) in [6, 6.07) is 23.8. The molecule has 1 aliphatic heterocycles. The van der Waals surface area contributed by atoms with Gasteiger partial charge in [0.1, 0.15) is 5.75 Å². The minimum atomic E-state index is 0.142. The van der Waals surface area contributed by atoms with Gasteiger partial charge >= 0.3 is 0 Å². The van der Waals surface area contributed by atoms with Crippen molar-refractivity contribution in [2.24, 2.45) is 0 Å². The molecule has 166 valence electrons. The lowest BCUT2D eigenvalue weighted by Gasteiger charge is -2.33. The first kappa shape index (κ1) is 22.0. The summed E-state index contributed by atoms with van der Waals surface area (Å²) < 4.78 is 6.06. The third-order valence-corrected chi connectivity index (χ3v) is 5.89. The Labute approximate surface area is 194 Å². The molecule has 6 heteroatoms. The zero-order valence-electron chi connectivity index (χ0n) is 18.2. The van der Waals surface area contributed by atoms with E-state index in [9.17, 15) is 4.79 Å². The number of ether oxygens (including phenoxy) is 1. The van der Waals surface area contributed by atoms with Crippen molar-refractivity contribution >= 4 is 28.9 Å². The number of benzene rings is 3. The van der Waals surface area contributed by atoms with E-state index in [-0.39, 0.29) is 11.9 Å². The van der Waals surface area contributed by atoms with Gasteiger partial charge in [0, 0.05) is 43.3 Å². The van der Waals surface area contributed by atoms with Gasteiger partial charge in [0.25, 0.3) is 0 Å². The molecule has 1 aliphatic rings. The summed E-state index contributed by atoms with van der Waals surface area (Å²) in [6.45, 7) is 3.88. The number of halogens is 1. The van der Waals surface area contributed by atoms with Gasteiger partial charge in [0.05, 0.1) is 5.69 Å². The first-order valence-electron chi connectivity index (χ1n) is 10.9. The Morgan fingerprint density at radius 3 is 2.53 bits per heavy atom. The van der Waals surface area contributed by atoms with Crippen LogP contribution in [-0.4, -0.2) is 29.9 Å². The Kier molecular flexibility index (Phi) is 7.17. The Morgan fingerprint density at radius 2 is 1.75 bits per heavy atom. The highest BCUT2D eigenvalue weighted by Gasteiger charge is 2.21. The standard InChI is InChI=1S/C26H28ClN3O2/c1-19(31)30-16-6-8-22(18-30)29-24-9-3-2-7-20(24)17-28-25-10-4-5-11-26(25)32-23-14-12-21(27)13-15-23/h2-5,7,9-15,22,28-29H,6,8,16-18H2,1H3. The lowest BCUT2D eigenvalue weighted by molar-refractivity contribution is -0.129. The molecule has 0 aromatic heterocycles. The quantitative estimate of drug-likeness (QED) is 0.453. The summed E-state index contributed by atoms with van der Waals surface area (Å²) in [5, 5.41) is 7.84. The van der Waals surface area contributed by atoms with Crippen LogP contribution in [-0.2, 0) is 11.3 Å². The normalized spacial score (nSPS) is 15.8. The van der Waals surface area contributed by atoms with E-state index in [4.69, 9.17) is 16.3 Å². The maximum absolute atomic E-state index is 11.8. The van der Waals surface area contributed by atoms with Crippen molar-refractivity contribution in [1.82, 2.24) is 4.90 Å². The second-order valence-corrected chi connectivity index (χ2v) is 8.45. The number of nitrogens with zero attached hydrogens (tertiary/aromatic N) is 1. The van der Waals surface area contributed by atoms with Gasteiger partial charge < -0.3 is 20.3 Å². The molecule has 32 heavy (non-hydrogen) atoms. The number of carbonyl (C=O) groups is 1. The molecule has 5 nitrogen and oxygen atoms in total. The van der Waals surface area contributed by atoms with Crippen molar-refractivity contribution in [2.75, 3.05) is 23.7 Å². The fraction of sp³-hybridized carbons (Fsp3) is 0.269. The minimum Gasteiger partial charge on any atom is -0.455 e. The molecule has 1 fully saturated rings. The number of carbonyl (C=O) groups excluding carboxylic acids is 1. The zero-order chi connectivity index (χ0) is 22.3. The summed E-state index contributed by atoms with van der Waals surface area (Å²) in [6.07, 6.45) is 2.08. The predicted molar refractivity (Wildman–Crippen MR) is 131 cm³/mol. The first-order valence-corrected chi connectivity index (χ1v) is 11.3. The van der Waals surface area contributed by atoms with E-state index in [1.54, 1.807) is 6.92 Å². The molecule has 3 aromatic rings. The van der Waals surface area contributed by atoms with Gasteiger partial charge in [0.2, 0.25) is 5.91 Å². The number of piperidine rings is 1. The number of likely N-dealkylation sites (tertiary alicyclic amines) is 1. The van der Waals surface area contributed by atoms with E-state index in [1.165, 1.54) is 0 Å². The number of rotatable bonds is 7. The lowest BCUT2D eigenvalue weighted by atomic mass is 10.0. The second-order valence-electron chi connectivity index (χ2n) is 8.01. The molecule has 0 radical (unpaired) electrons. The molecule has 4 rings (SSSR count). The summed E-state index contributed by atoms with van der Waals surface area (Å²) in [5.41, 5.74) is 3.16. The zero-order valence-corrected chi connectivity index (χ0v) is 18.9. The lowest BCUT2D eigenvalue weighted by Crippen LogP contribution is -2.44. The monoisotopic (exact) mass is 449 g/mol. The molecule has 1 atom stereocenters. The summed E-state index contributed by atoms with van der Waals surface area (Å²) in [5.74, 6) is 1.63. The van der Waals surface area contributed by atoms with Crippen molar-refractivity contribution < 1.29 is 9.53 Å². The van der Waals surface area contributed by atoms with E-state index >= 15 is 0 Å². The van der Waals surface area contributed by atoms with E-state index in [0.29, 0.717) is 11.6 Å². The van der Waals surface area contributed by atoms with Gasteiger partial charge in [-0.15, -0.1) is 0 Å². The third kappa shape index (κ3) is 5.74. The van der Waals surface area contributed by atoms with Crippen molar-refractivity contribution in [3.63, 3.8) is 0 Å². The minimum absolute atomic E-state index is 0.142. The first-order chi connectivity index (χ1) is 15.6. The van der Waals surface area contributed by atoms with Gasteiger partial charge in [-0.2, -0.15) is 0 Å². The number of nitrogens with one attached hydrogen (secondary N) is 2. The van der Waals surface area contributed by atoms with Crippen LogP contribution in [0.4, 0.5) is 11.4 Å². The summed E-state index contributed by atoms with van der Waals surface area (Å²) in [7, 11) is 0. The second kappa shape index (κ2) is 10.4. The summed E-state index contributed by atoms with van der Waals surface area (Å²) >= 11 is 5.98. The Bertz CT molecular complexity index is 1050. The van der Waals surface area contributed by atoms with E-state index in [1.807, 2.05) is 65.6 Å². The van der Waals surface area contributed by atoms with Crippen LogP contribution in [0.1, 0.15) is 25.3 Å². The van der Waals surface area contributed by atoms with Crippen molar-refractivity contribution in [2.45, 2.75) is 32.4 Å².